The lowest BCUT2D eigenvalue weighted by molar-refractivity contribution is 0.0955. The van der Waals surface area contributed by atoms with Crippen LogP contribution in [0.5, 0.6) is 11.5 Å². The van der Waals surface area contributed by atoms with Gasteiger partial charge in [-0.15, -0.1) is 0 Å². The average molecular weight is 685 g/mol. The zero-order valence-corrected chi connectivity index (χ0v) is 27.3. The molecule has 0 atom stereocenters. The van der Waals surface area contributed by atoms with E-state index in [9.17, 15) is 13.2 Å². The lowest BCUT2D eigenvalue weighted by Crippen LogP contribution is -2.29. The van der Waals surface area contributed by atoms with Crippen molar-refractivity contribution in [3.63, 3.8) is 0 Å². The minimum atomic E-state index is -3.53. The number of carbonyl (C=O) groups is 1. The van der Waals surface area contributed by atoms with Crippen molar-refractivity contribution in [2.24, 2.45) is 5.10 Å². The normalized spacial score (nSPS) is 11.4. The van der Waals surface area contributed by atoms with Crippen molar-refractivity contribution in [1.29, 1.82) is 0 Å². The maximum Gasteiger partial charge on any atom is 0.271 e. The third kappa shape index (κ3) is 8.37. The summed E-state index contributed by atoms with van der Waals surface area (Å²) in [5.74, 6) is 0.576. The van der Waals surface area contributed by atoms with Gasteiger partial charge < -0.3 is 9.47 Å². The molecule has 0 spiro atoms. The van der Waals surface area contributed by atoms with Gasteiger partial charge in [-0.1, -0.05) is 48.0 Å². The van der Waals surface area contributed by atoms with Gasteiger partial charge in [0, 0.05) is 16.1 Å². The highest BCUT2D eigenvalue weighted by atomic mass is 79.9. The van der Waals surface area contributed by atoms with Crippen LogP contribution >= 0.6 is 27.5 Å². The van der Waals surface area contributed by atoms with Crippen LogP contribution in [0.25, 0.3) is 0 Å². The van der Waals surface area contributed by atoms with E-state index in [1.54, 1.807) is 48.5 Å². The number of nitrogens with zero attached hydrogens (tertiary/aromatic N) is 2. The summed E-state index contributed by atoms with van der Waals surface area (Å²) in [4.78, 5) is 12.7. The zero-order valence-electron chi connectivity index (χ0n) is 24.1. The van der Waals surface area contributed by atoms with E-state index >= 15 is 0 Å². The number of aryl methyl sites for hydroxylation is 2. The quantitative estimate of drug-likeness (QED) is 0.135. The van der Waals surface area contributed by atoms with Crippen molar-refractivity contribution >= 4 is 55.4 Å². The summed E-state index contributed by atoms with van der Waals surface area (Å²) in [6.07, 6.45) is 2.67. The van der Waals surface area contributed by atoms with E-state index in [0.717, 1.165) is 22.3 Å². The van der Waals surface area contributed by atoms with Crippen LogP contribution in [0.1, 0.15) is 38.2 Å². The maximum absolute atomic E-state index is 12.7. The van der Waals surface area contributed by atoms with Crippen LogP contribution in [-0.2, 0) is 23.2 Å². The van der Waals surface area contributed by atoms with E-state index in [0.29, 0.717) is 37.8 Å². The first kappa shape index (κ1) is 32.1. The molecule has 0 saturated carbocycles. The zero-order chi connectivity index (χ0) is 31.1. The Morgan fingerprint density at radius 3 is 2.40 bits per heavy atom. The summed E-state index contributed by atoms with van der Waals surface area (Å²) in [5, 5.41) is 4.69. The molecule has 0 aromatic heterocycles. The monoisotopic (exact) mass is 683 g/mol. The molecular weight excluding hydrogens is 654 g/mol. The fourth-order valence-electron chi connectivity index (χ4n) is 4.16. The van der Waals surface area contributed by atoms with Gasteiger partial charge in [0.05, 0.1) is 36.3 Å². The van der Waals surface area contributed by atoms with Crippen LogP contribution in [0.4, 0.5) is 5.69 Å². The van der Waals surface area contributed by atoms with Crippen LogP contribution in [-0.4, -0.2) is 33.9 Å². The van der Waals surface area contributed by atoms with Gasteiger partial charge in [0.1, 0.15) is 6.61 Å². The summed E-state index contributed by atoms with van der Waals surface area (Å²) in [6, 6.07) is 23.2. The third-order valence-electron chi connectivity index (χ3n) is 6.68. The Bertz CT molecular complexity index is 1760. The van der Waals surface area contributed by atoms with Crippen LogP contribution < -0.4 is 19.2 Å². The molecular formula is C32H31BrClN3O5S. The number of halogens is 2. The number of sulfonamides is 1. The fourth-order valence-corrected chi connectivity index (χ4v) is 5.80. The first-order valence-electron chi connectivity index (χ1n) is 13.2. The predicted molar refractivity (Wildman–Crippen MR) is 175 cm³/mol. The van der Waals surface area contributed by atoms with Crippen molar-refractivity contribution in [3.05, 3.63) is 122 Å². The molecule has 224 valence electrons. The Labute approximate surface area is 265 Å². The number of anilines is 1. The smallest absolute Gasteiger partial charge is 0.271 e. The molecule has 1 N–H and O–H groups in total. The number of ether oxygens (including phenoxy) is 2. The molecule has 0 radical (unpaired) electrons. The number of nitrogens with one attached hydrogen (secondary N) is 1. The molecule has 0 unspecified atom stereocenters. The molecule has 8 nitrogen and oxygen atoms in total. The average Bonchev–Trinajstić information content (AvgIpc) is 2.97. The molecule has 0 aliphatic rings. The Morgan fingerprint density at radius 2 is 1.74 bits per heavy atom. The lowest BCUT2D eigenvalue weighted by atomic mass is 10.1. The maximum atomic E-state index is 12.7. The number of benzene rings is 4. The van der Waals surface area contributed by atoms with Gasteiger partial charge in [0.25, 0.3) is 5.91 Å². The molecule has 43 heavy (non-hydrogen) atoms. The van der Waals surface area contributed by atoms with Crippen molar-refractivity contribution in [2.45, 2.75) is 27.0 Å². The predicted octanol–water partition coefficient (Wildman–Crippen LogP) is 7.04. The highest BCUT2D eigenvalue weighted by Crippen LogP contribution is 2.37. The van der Waals surface area contributed by atoms with Crippen LogP contribution in [0, 0.1) is 13.8 Å². The Morgan fingerprint density at radius 1 is 1.02 bits per heavy atom. The van der Waals surface area contributed by atoms with E-state index in [4.69, 9.17) is 21.1 Å². The molecule has 0 fully saturated rings. The topological polar surface area (TPSA) is 97.3 Å². The van der Waals surface area contributed by atoms with Gasteiger partial charge in [-0.25, -0.2) is 13.8 Å². The molecule has 0 aliphatic heterocycles. The van der Waals surface area contributed by atoms with E-state index < -0.39 is 15.9 Å². The van der Waals surface area contributed by atoms with Crippen molar-refractivity contribution in [1.82, 2.24) is 5.43 Å². The van der Waals surface area contributed by atoms with Crippen LogP contribution in [0.3, 0.4) is 0 Å². The molecule has 0 saturated heterocycles. The highest BCUT2D eigenvalue weighted by Gasteiger charge is 2.19. The van der Waals surface area contributed by atoms with Gasteiger partial charge in [-0.2, -0.15) is 5.10 Å². The standard InChI is InChI=1S/C32H31BrClN3O5S/c1-21-9-14-27(15-22(21)2)37(43(4,39)40)19-23-10-12-25(13-11-23)32(38)36-35-18-24-16-28(33)31(30(17-24)41-3)42-20-26-7-5-6-8-29(26)34/h5-18H,19-20H2,1-4H3,(H,36,38)/b35-18-. The second-order valence-corrected chi connectivity index (χ2v) is 13.0. The minimum absolute atomic E-state index is 0.135. The second-order valence-electron chi connectivity index (χ2n) is 9.85. The van der Waals surface area contributed by atoms with Crippen LogP contribution in [0.2, 0.25) is 5.02 Å². The van der Waals surface area contributed by atoms with Crippen LogP contribution in [0.15, 0.2) is 88.4 Å². The number of carbonyl (C=O) groups excluding carboxylic acids is 1. The van der Waals surface area contributed by atoms with Gasteiger partial charge in [0.2, 0.25) is 10.0 Å². The minimum Gasteiger partial charge on any atom is -0.493 e. The van der Waals surface area contributed by atoms with E-state index in [1.807, 2.05) is 44.2 Å². The van der Waals surface area contributed by atoms with E-state index in [2.05, 4.69) is 26.5 Å². The number of hydrogen-bond acceptors (Lipinski definition) is 6. The third-order valence-corrected chi connectivity index (χ3v) is 8.78. The molecule has 0 bridgehead atoms. The summed E-state index contributed by atoms with van der Waals surface area (Å²) >= 11 is 9.75. The summed E-state index contributed by atoms with van der Waals surface area (Å²) in [5.41, 5.74) is 7.80. The molecule has 1 amide bonds. The number of hydrazone groups is 1. The van der Waals surface area contributed by atoms with Gasteiger partial charge >= 0.3 is 0 Å². The number of amides is 1. The number of hydrogen-bond donors (Lipinski definition) is 1. The Hall–Kier alpha value is -3.86. The fraction of sp³-hybridized carbons (Fsp3) is 0.188. The van der Waals surface area contributed by atoms with Crippen molar-refractivity contribution < 1.29 is 22.7 Å². The van der Waals surface area contributed by atoms with E-state index in [-0.39, 0.29) is 13.2 Å². The van der Waals surface area contributed by atoms with Crippen molar-refractivity contribution in [3.8, 4) is 11.5 Å². The Kier molecular flexibility index (Phi) is 10.5. The van der Waals surface area contributed by atoms with Crippen molar-refractivity contribution in [2.75, 3.05) is 17.7 Å². The summed E-state index contributed by atoms with van der Waals surface area (Å²) in [7, 11) is -1.99. The number of methoxy groups -OCH3 is 1. The first-order valence-corrected chi connectivity index (χ1v) is 16.2. The van der Waals surface area contributed by atoms with Gasteiger partial charge in [0.15, 0.2) is 11.5 Å². The highest BCUT2D eigenvalue weighted by molar-refractivity contribution is 9.10. The first-order chi connectivity index (χ1) is 20.5. The Balaban J connectivity index is 1.40. The van der Waals surface area contributed by atoms with Gasteiger partial charge in [-0.3, -0.25) is 9.10 Å². The molecule has 4 rings (SSSR count). The molecule has 11 heteroatoms. The van der Waals surface area contributed by atoms with E-state index in [1.165, 1.54) is 23.9 Å². The molecule has 4 aromatic rings. The second kappa shape index (κ2) is 14.1. The molecule has 0 aliphatic carbocycles. The molecule has 0 heterocycles. The SMILES string of the molecule is COc1cc(/C=N\NC(=O)c2ccc(CN(c3ccc(C)c(C)c3)S(C)(=O)=O)cc2)cc(Br)c1OCc1ccccc1Cl. The summed E-state index contributed by atoms with van der Waals surface area (Å²) < 4.78 is 38.6. The van der Waals surface area contributed by atoms with Gasteiger partial charge in [-0.05, 0) is 94.5 Å². The summed E-state index contributed by atoms with van der Waals surface area (Å²) in [6.45, 7) is 4.31. The lowest BCUT2D eigenvalue weighted by Gasteiger charge is -2.23. The molecule has 4 aromatic carbocycles. The number of rotatable bonds is 11. The largest absolute Gasteiger partial charge is 0.493 e.